The lowest BCUT2D eigenvalue weighted by atomic mass is 9.70. The summed E-state index contributed by atoms with van der Waals surface area (Å²) in [6.07, 6.45) is 3.31. The number of carbonyl (C=O) groups excluding carboxylic acids is 2. The summed E-state index contributed by atoms with van der Waals surface area (Å²) in [6.45, 7) is 11.7. The van der Waals surface area contributed by atoms with E-state index in [9.17, 15) is 22.8 Å². The Morgan fingerprint density at radius 2 is 1.29 bits per heavy atom. The number of nitrogens with zero attached hydrogens (tertiary/aromatic N) is 3. The van der Waals surface area contributed by atoms with Crippen LogP contribution in [0.5, 0.6) is 0 Å². The SMILES string of the molecule is CC(C)Nc1cc(C(C)C2(C(C)c3ccnc(NC(C)C)c3)NC(=O)N(c3ccc(SC(F)(F)F)cc3)C2=O)ccn1. The number of halogens is 3. The number of benzene rings is 1. The normalized spacial score (nSPS) is 18.8. The molecule has 0 saturated carbocycles. The number of anilines is 3. The van der Waals surface area contributed by atoms with Crippen LogP contribution in [-0.2, 0) is 4.79 Å². The monoisotopic (exact) mass is 600 g/mol. The number of alkyl halides is 3. The van der Waals surface area contributed by atoms with Crippen molar-refractivity contribution < 1.29 is 22.8 Å². The van der Waals surface area contributed by atoms with Crippen molar-refractivity contribution in [1.82, 2.24) is 15.3 Å². The first-order valence-corrected chi connectivity index (χ1v) is 14.5. The average Bonchev–Trinajstić information content (AvgIpc) is 3.17. The molecule has 0 bridgehead atoms. The minimum absolute atomic E-state index is 0.0461. The molecule has 2 atom stereocenters. The number of amides is 3. The Morgan fingerprint density at radius 1 is 0.810 bits per heavy atom. The zero-order valence-corrected chi connectivity index (χ0v) is 25.1. The topological polar surface area (TPSA) is 99.3 Å². The van der Waals surface area contributed by atoms with Crippen molar-refractivity contribution >= 4 is 41.0 Å². The van der Waals surface area contributed by atoms with Crippen molar-refractivity contribution in [2.45, 2.75) is 81.4 Å². The molecular formula is C30H35F3N6O2S. The third-order valence-electron chi connectivity index (χ3n) is 7.21. The zero-order chi connectivity index (χ0) is 30.8. The molecule has 1 fully saturated rings. The third kappa shape index (κ3) is 6.64. The zero-order valence-electron chi connectivity index (χ0n) is 24.3. The molecule has 2 unspecified atom stereocenters. The van der Waals surface area contributed by atoms with E-state index < -0.39 is 34.8 Å². The predicted octanol–water partition coefficient (Wildman–Crippen LogP) is 7.13. The van der Waals surface area contributed by atoms with Gasteiger partial charge in [-0.05, 0) is 99.1 Å². The molecule has 1 aromatic carbocycles. The van der Waals surface area contributed by atoms with E-state index in [-0.39, 0.29) is 34.4 Å². The Bertz CT molecular complexity index is 1370. The van der Waals surface area contributed by atoms with E-state index >= 15 is 0 Å². The number of urea groups is 1. The predicted molar refractivity (Wildman–Crippen MR) is 160 cm³/mol. The lowest BCUT2D eigenvalue weighted by Crippen LogP contribution is -2.55. The van der Waals surface area contributed by atoms with Gasteiger partial charge in [-0.2, -0.15) is 13.2 Å². The Kier molecular flexibility index (Phi) is 9.05. The van der Waals surface area contributed by atoms with Crippen molar-refractivity contribution in [3.05, 3.63) is 72.1 Å². The van der Waals surface area contributed by atoms with Gasteiger partial charge in [0.05, 0.1) is 5.69 Å². The van der Waals surface area contributed by atoms with E-state index in [0.29, 0.717) is 11.6 Å². The summed E-state index contributed by atoms with van der Waals surface area (Å²) in [5.41, 5.74) is -4.16. The molecule has 3 aromatic rings. The quantitative estimate of drug-likeness (QED) is 0.168. The second-order valence-corrected chi connectivity index (χ2v) is 12.1. The van der Waals surface area contributed by atoms with Crippen LogP contribution in [0.1, 0.15) is 64.5 Å². The van der Waals surface area contributed by atoms with Crippen LogP contribution in [-0.4, -0.2) is 45.0 Å². The summed E-state index contributed by atoms with van der Waals surface area (Å²) in [5.74, 6) is -0.292. The second kappa shape index (κ2) is 12.2. The van der Waals surface area contributed by atoms with E-state index in [4.69, 9.17) is 0 Å². The van der Waals surface area contributed by atoms with Crippen molar-refractivity contribution in [2.24, 2.45) is 0 Å². The van der Waals surface area contributed by atoms with Crippen LogP contribution in [0.25, 0.3) is 0 Å². The molecule has 0 spiro atoms. The number of hydrogen-bond donors (Lipinski definition) is 3. The maximum atomic E-state index is 14.5. The van der Waals surface area contributed by atoms with E-state index in [2.05, 4.69) is 25.9 Å². The van der Waals surface area contributed by atoms with E-state index in [1.54, 1.807) is 12.4 Å². The van der Waals surface area contributed by atoms with E-state index in [1.165, 1.54) is 24.3 Å². The summed E-state index contributed by atoms with van der Waals surface area (Å²) < 4.78 is 38.6. The van der Waals surface area contributed by atoms with Gasteiger partial charge in [0.25, 0.3) is 5.91 Å². The molecule has 1 aliphatic heterocycles. The highest BCUT2D eigenvalue weighted by molar-refractivity contribution is 8.00. The van der Waals surface area contributed by atoms with E-state index in [1.807, 2.05) is 65.8 Å². The minimum atomic E-state index is -4.45. The second-order valence-electron chi connectivity index (χ2n) is 11.0. The molecule has 1 aliphatic rings. The van der Waals surface area contributed by atoms with Gasteiger partial charge < -0.3 is 16.0 Å². The summed E-state index contributed by atoms with van der Waals surface area (Å²) in [6, 6.07) is 12.2. The lowest BCUT2D eigenvalue weighted by molar-refractivity contribution is -0.123. The maximum absolute atomic E-state index is 14.5. The average molecular weight is 601 g/mol. The molecule has 12 heteroatoms. The fraction of sp³-hybridized carbons (Fsp3) is 0.400. The van der Waals surface area contributed by atoms with Gasteiger partial charge in [0.15, 0.2) is 0 Å². The third-order valence-corrected chi connectivity index (χ3v) is 7.95. The molecule has 8 nitrogen and oxygen atoms in total. The molecule has 1 saturated heterocycles. The number of aromatic nitrogens is 2. The highest BCUT2D eigenvalue weighted by Crippen LogP contribution is 2.45. The fourth-order valence-corrected chi connectivity index (χ4v) is 5.80. The van der Waals surface area contributed by atoms with Gasteiger partial charge in [-0.1, -0.05) is 13.8 Å². The number of nitrogens with one attached hydrogen (secondary N) is 3. The van der Waals surface area contributed by atoms with Crippen LogP contribution in [0, 0.1) is 0 Å². The fourth-order valence-electron chi connectivity index (χ4n) is 5.26. The van der Waals surface area contributed by atoms with Crippen LogP contribution in [0.15, 0.2) is 65.8 Å². The van der Waals surface area contributed by atoms with Gasteiger partial charge in [0, 0.05) is 41.2 Å². The molecule has 3 amide bonds. The van der Waals surface area contributed by atoms with Crippen LogP contribution in [0.3, 0.4) is 0 Å². The summed E-state index contributed by atoms with van der Waals surface area (Å²) >= 11 is -0.259. The molecule has 224 valence electrons. The summed E-state index contributed by atoms with van der Waals surface area (Å²) in [7, 11) is 0. The highest BCUT2D eigenvalue weighted by atomic mass is 32.2. The Hall–Kier alpha value is -3.80. The molecule has 4 rings (SSSR count). The first kappa shape index (κ1) is 31.1. The highest BCUT2D eigenvalue weighted by Gasteiger charge is 2.58. The minimum Gasteiger partial charge on any atom is -0.368 e. The van der Waals surface area contributed by atoms with Crippen molar-refractivity contribution in [1.29, 1.82) is 0 Å². The summed E-state index contributed by atoms with van der Waals surface area (Å²) in [4.78, 5) is 37.8. The number of imide groups is 1. The molecule has 0 aliphatic carbocycles. The van der Waals surface area contributed by atoms with Crippen molar-refractivity contribution in [3.8, 4) is 0 Å². The van der Waals surface area contributed by atoms with Gasteiger partial charge >= 0.3 is 11.5 Å². The number of pyridine rings is 2. The first-order chi connectivity index (χ1) is 19.7. The summed E-state index contributed by atoms with van der Waals surface area (Å²) in [5, 5.41) is 9.55. The number of hydrogen-bond acceptors (Lipinski definition) is 7. The maximum Gasteiger partial charge on any atom is 0.446 e. The largest absolute Gasteiger partial charge is 0.446 e. The molecule has 2 aromatic heterocycles. The molecule has 3 N–H and O–H groups in total. The van der Waals surface area contributed by atoms with Gasteiger partial charge in [-0.15, -0.1) is 0 Å². The van der Waals surface area contributed by atoms with Gasteiger partial charge in [-0.3, -0.25) is 4.79 Å². The van der Waals surface area contributed by atoms with E-state index in [0.717, 1.165) is 16.0 Å². The van der Waals surface area contributed by atoms with Crippen molar-refractivity contribution in [2.75, 3.05) is 15.5 Å². The molecule has 42 heavy (non-hydrogen) atoms. The smallest absolute Gasteiger partial charge is 0.368 e. The van der Waals surface area contributed by atoms with Crippen LogP contribution in [0.4, 0.5) is 35.3 Å². The Morgan fingerprint density at radius 3 is 1.71 bits per heavy atom. The van der Waals surface area contributed by atoms with Gasteiger partial charge in [-0.25, -0.2) is 19.7 Å². The van der Waals surface area contributed by atoms with Gasteiger partial charge in [0.2, 0.25) is 0 Å². The van der Waals surface area contributed by atoms with Crippen LogP contribution in [0.2, 0.25) is 0 Å². The molecular weight excluding hydrogens is 565 g/mol. The Labute approximate surface area is 247 Å². The van der Waals surface area contributed by atoms with Gasteiger partial charge in [0.1, 0.15) is 17.2 Å². The number of carbonyl (C=O) groups is 2. The molecule has 3 heterocycles. The van der Waals surface area contributed by atoms with Crippen LogP contribution >= 0.6 is 11.8 Å². The lowest BCUT2D eigenvalue weighted by Gasteiger charge is -2.39. The number of thioether (sulfide) groups is 1. The van der Waals surface area contributed by atoms with Crippen molar-refractivity contribution in [3.63, 3.8) is 0 Å². The van der Waals surface area contributed by atoms with Crippen LogP contribution < -0.4 is 20.9 Å². The standard InChI is InChI=1S/C30H35F3N6O2S/c1-17(2)36-25-15-21(11-13-34-25)19(5)29(20(6)22-12-14-35-26(16-22)37-18(3)4)27(40)39(28(41)38-29)23-7-9-24(10-8-23)42-30(31,32)33/h7-20H,1-6H3,(H,34,36)(H,35,37)(H,38,41). The Balaban J connectivity index is 1.79. The first-order valence-electron chi connectivity index (χ1n) is 13.7. The molecule has 0 radical (unpaired) electrons. The number of rotatable bonds is 10.